The van der Waals surface area contributed by atoms with Crippen molar-refractivity contribution in [3.8, 4) is 0 Å². The Bertz CT molecular complexity index is 395. The zero-order valence-electron chi connectivity index (χ0n) is 11.9. The van der Waals surface area contributed by atoms with Crippen molar-refractivity contribution < 1.29 is 4.42 Å². The molecule has 0 aliphatic heterocycles. The molecule has 2 aliphatic rings. The van der Waals surface area contributed by atoms with E-state index in [1.807, 2.05) is 0 Å². The van der Waals surface area contributed by atoms with E-state index in [1.165, 1.54) is 25.7 Å². The molecule has 2 saturated carbocycles. The van der Waals surface area contributed by atoms with Gasteiger partial charge in [0.15, 0.2) is 0 Å². The van der Waals surface area contributed by atoms with E-state index in [0.717, 1.165) is 42.2 Å². The zero-order chi connectivity index (χ0) is 13.2. The molecule has 1 unspecified atom stereocenters. The van der Waals surface area contributed by atoms with Gasteiger partial charge in [0.05, 0.1) is 6.04 Å². The van der Waals surface area contributed by atoms with Gasteiger partial charge in [-0.2, -0.15) is 0 Å². The van der Waals surface area contributed by atoms with Crippen molar-refractivity contribution in [3.05, 3.63) is 23.7 Å². The number of nitrogens with two attached hydrogens (primary N) is 1. The highest BCUT2D eigenvalue weighted by molar-refractivity contribution is 5.11. The molecule has 1 atom stereocenters. The second-order valence-corrected chi connectivity index (χ2v) is 6.19. The summed E-state index contributed by atoms with van der Waals surface area (Å²) in [5.41, 5.74) is 5.90. The second-order valence-electron chi connectivity index (χ2n) is 6.19. The Labute approximate surface area is 115 Å². The first-order valence-corrected chi connectivity index (χ1v) is 7.83. The fraction of sp³-hybridized carbons (Fsp3) is 0.750. The van der Waals surface area contributed by atoms with E-state index in [1.54, 1.807) is 0 Å². The Balaban J connectivity index is 1.56. The van der Waals surface area contributed by atoms with Gasteiger partial charge >= 0.3 is 0 Å². The van der Waals surface area contributed by atoms with E-state index in [9.17, 15) is 0 Å². The summed E-state index contributed by atoms with van der Waals surface area (Å²) < 4.78 is 5.83. The van der Waals surface area contributed by atoms with Crippen LogP contribution in [-0.2, 0) is 6.42 Å². The minimum absolute atomic E-state index is 0.181. The van der Waals surface area contributed by atoms with Crippen molar-refractivity contribution >= 4 is 0 Å². The van der Waals surface area contributed by atoms with Crippen molar-refractivity contribution in [1.82, 2.24) is 5.32 Å². The molecule has 3 nitrogen and oxygen atoms in total. The van der Waals surface area contributed by atoms with Gasteiger partial charge in [-0.1, -0.05) is 6.92 Å². The molecule has 1 aromatic heterocycles. The Morgan fingerprint density at radius 3 is 2.42 bits per heavy atom. The normalized spacial score (nSPS) is 21.0. The summed E-state index contributed by atoms with van der Waals surface area (Å²) >= 11 is 0. The highest BCUT2D eigenvalue weighted by Crippen LogP contribution is 2.48. The van der Waals surface area contributed by atoms with Crippen LogP contribution in [0.15, 0.2) is 16.5 Å². The van der Waals surface area contributed by atoms with Gasteiger partial charge in [0, 0.05) is 13.0 Å². The highest BCUT2D eigenvalue weighted by atomic mass is 16.3. The molecule has 0 spiro atoms. The zero-order valence-corrected chi connectivity index (χ0v) is 11.9. The third kappa shape index (κ3) is 3.21. The average Bonchev–Trinajstić information content (AvgIpc) is 3.35. The molecule has 1 heterocycles. The van der Waals surface area contributed by atoms with Crippen LogP contribution in [0.4, 0.5) is 0 Å². The van der Waals surface area contributed by atoms with Gasteiger partial charge < -0.3 is 15.5 Å². The Morgan fingerprint density at radius 1 is 1.26 bits per heavy atom. The SMILES string of the molecule is CCc1ccc(C(CN)NCC(C2CC2)C2CC2)o1. The lowest BCUT2D eigenvalue weighted by atomic mass is 9.97. The van der Waals surface area contributed by atoms with Gasteiger partial charge in [-0.3, -0.25) is 0 Å². The summed E-state index contributed by atoms with van der Waals surface area (Å²) in [5.74, 6) is 4.91. The van der Waals surface area contributed by atoms with Gasteiger partial charge in [-0.15, -0.1) is 0 Å². The van der Waals surface area contributed by atoms with Gasteiger partial charge in [0.25, 0.3) is 0 Å². The largest absolute Gasteiger partial charge is 0.464 e. The van der Waals surface area contributed by atoms with Gasteiger partial charge in [0.1, 0.15) is 11.5 Å². The van der Waals surface area contributed by atoms with Crippen molar-refractivity contribution in [3.63, 3.8) is 0 Å². The van der Waals surface area contributed by atoms with E-state index in [2.05, 4.69) is 24.4 Å². The highest BCUT2D eigenvalue weighted by Gasteiger charge is 2.41. The van der Waals surface area contributed by atoms with Crippen LogP contribution in [0.3, 0.4) is 0 Å². The minimum Gasteiger partial charge on any atom is -0.464 e. The van der Waals surface area contributed by atoms with Crippen LogP contribution in [0.5, 0.6) is 0 Å². The molecule has 19 heavy (non-hydrogen) atoms. The van der Waals surface area contributed by atoms with Crippen molar-refractivity contribution in [1.29, 1.82) is 0 Å². The van der Waals surface area contributed by atoms with Crippen LogP contribution in [-0.4, -0.2) is 13.1 Å². The van der Waals surface area contributed by atoms with E-state index in [-0.39, 0.29) is 6.04 Å². The molecule has 2 fully saturated rings. The molecular weight excluding hydrogens is 236 g/mol. The molecule has 3 N–H and O–H groups in total. The Morgan fingerprint density at radius 2 is 1.95 bits per heavy atom. The first kappa shape index (κ1) is 13.2. The summed E-state index contributed by atoms with van der Waals surface area (Å²) in [5, 5.41) is 3.65. The maximum absolute atomic E-state index is 5.90. The maximum atomic E-state index is 5.90. The van der Waals surface area contributed by atoms with E-state index in [0.29, 0.717) is 6.54 Å². The molecule has 0 amide bonds. The van der Waals surface area contributed by atoms with Gasteiger partial charge in [0.2, 0.25) is 0 Å². The lowest BCUT2D eigenvalue weighted by Gasteiger charge is -2.20. The Hall–Kier alpha value is -0.800. The fourth-order valence-corrected chi connectivity index (χ4v) is 3.12. The fourth-order valence-electron chi connectivity index (χ4n) is 3.12. The monoisotopic (exact) mass is 262 g/mol. The quantitative estimate of drug-likeness (QED) is 0.757. The second kappa shape index (κ2) is 5.68. The lowest BCUT2D eigenvalue weighted by molar-refractivity contribution is 0.332. The van der Waals surface area contributed by atoms with Crippen LogP contribution < -0.4 is 11.1 Å². The molecular formula is C16H26N2O. The van der Waals surface area contributed by atoms with Gasteiger partial charge in [-0.25, -0.2) is 0 Å². The van der Waals surface area contributed by atoms with Crippen LogP contribution in [0.2, 0.25) is 0 Å². The average molecular weight is 262 g/mol. The summed E-state index contributed by atoms with van der Waals surface area (Å²) in [6.07, 6.45) is 6.71. The smallest absolute Gasteiger partial charge is 0.122 e. The van der Waals surface area contributed by atoms with Crippen molar-refractivity contribution in [2.45, 2.75) is 45.1 Å². The maximum Gasteiger partial charge on any atom is 0.122 e. The molecule has 2 aliphatic carbocycles. The minimum atomic E-state index is 0.181. The summed E-state index contributed by atoms with van der Waals surface area (Å²) in [7, 11) is 0. The molecule has 0 bridgehead atoms. The summed E-state index contributed by atoms with van der Waals surface area (Å²) in [6.45, 7) is 3.84. The number of nitrogens with one attached hydrogen (secondary N) is 1. The van der Waals surface area contributed by atoms with E-state index in [4.69, 9.17) is 10.2 Å². The number of furan rings is 1. The predicted octanol–water partition coefficient (Wildman–Crippen LogP) is 2.87. The molecule has 0 radical (unpaired) electrons. The summed E-state index contributed by atoms with van der Waals surface area (Å²) in [6, 6.07) is 4.33. The number of rotatable bonds is 8. The third-order valence-electron chi connectivity index (χ3n) is 4.67. The van der Waals surface area contributed by atoms with E-state index < -0.39 is 0 Å². The standard InChI is InChI=1S/C16H26N2O/c1-2-13-7-8-16(19-13)15(9-17)18-10-14(11-3-4-11)12-5-6-12/h7-8,11-12,14-15,18H,2-6,9-10,17H2,1H3. The predicted molar refractivity (Wildman–Crippen MR) is 76.8 cm³/mol. The van der Waals surface area contributed by atoms with Gasteiger partial charge in [-0.05, 0) is 62.1 Å². The lowest BCUT2D eigenvalue weighted by Crippen LogP contribution is -2.33. The number of aryl methyl sites for hydroxylation is 1. The first-order chi connectivity index (χ1) is 9.31. The molecule has 0 saturated heterocycles. The third-order valence-corrected chi connectivity index (χ3v) is 4.67. The molecule has 0 aromatic carbocycles. The molecule has 3 rings (SSSR count). The van der Waals surface area contributed by atoms with Crippen LogP contribution >= 0.6 is 0 Å². The van der Waals surface area contributed by atoms with Crippen LogP contribution in [0.1, 0.15) is 50.2 Å². The van der Waals surface area contributed by atoms with Crippen molar-refractivity contribution in [2.24, 2.45) is 23.5 Å². The van der Waals surface area contributed by atoms with Crippen LogP contribution in [0.25, 0.3) is 0 Å². The molecule has 3 heteroatoms. The molecule has 1 aromatic rings. The first-order valence-electron chi connectivity index (χ1n) is 7.83. The van der Waals surface area contributed by atoms with Crippen molar-refractivity contribution in [2.75, 3.05) is 13.1 Å². The topological polar surface area (TPSA) is 51.2 Å². The Kier molecular flexibility index (Phi) is 3.94. The summed E-state index contributed by atoms with van der Waals surface area (Å²) in [4.78, 5) is 0. The number of hydrogen-bond acceptors (Lipinski definition) is 3. The van der Waals surface area contributed by atoms with E-state index >= 15 is 0 Å². The number of hydrogen-bond donors (Lipinski definition) is 2. The molecule has 106 valence electrons. The van der Waals surface area contributed by atoms with Crippen LogP contribution in [0, 0.1) is 17.8 Å².